The van der Waals surface area contributed by atoms with Crippen molar-refractivity contribution < 1.29 is 9.53 Å². The Morgan fingerprint density at radius 1 is 1.16 bits per heavy atom. The minimum atomic E-state index is 0. The maximum Gasteiger partial charge on any atom is 0.222 e. The summed E-state index contributed by atoms with van der Waals surface area (Å²) in [6.07, 6.45) is 1.90. The predicted molar refractivity (Wildman–Crippen MR) is 106 cm³/mol. The summed E-state index contributed by atoms with van der Waals surface area (Å²) in [7, 11) is 1.82. The van der Waals surface area contributed by atoms with Crippen LogP contribution in [0.1, 0.15) is 18.4 Å². The molecule has 0 aliphatic heterocycles. The normalized spacial score (nSPS) is 10.0. The summed E-state index contributed by atoms with van der Waals surface area (Å²) in [4.78, 5) is 13.9. The van der Waals surface area contributed by atoms with E-state index in [-0.39, 0.29) is 18.3 Å². The fraction of sp³-hybridized carbons (Fsp3) is 0.316. The van der Waals surface area contributed by atoms with Gasteiger partial charge in [-0.2, -0.15) is 0 Å². The van der Waals surface area contributed by atoms with Crippen LogP contribution < -0.4 is 10.5 Å². The van der Waals surface area contributed by atoms with Gasteiger partial charge in [0.05, 0.1) is 6.61 Å². The molecule has 2 aromatic carbocycles. The summed E-state index contributed by atoms with van der Waals surface area (Å²) in [5, 5.41) is 0.687. The molecular formula is C19H24Cl2N2O2. The van der Waals surface area contributed by atoms with Gasteiger partial charge in [-0.15, -0.1) is 12.4 Å². The molecule has 2 rings (SSSR count). The van der Waals surface area contributed by atoms with Crippen LogP contribution in [0.25, 0.3) is 0 Å². The molecule has 0 aliphatic carbocycles. The summed E-state index contributed by atoms with van der Waals surface area (Å²) in [5.74, 6) is 0.901. The van der Waals surface area contributed by atoms with Crippen molar-refractivity contribution in [3.05, 3.63) is 59.1 Å². The van der Waals surface area contributed by atoms with E-state index >= 15 is 0 Å². The van der Waals surface area contributed by atoms with E-state index in [4.69, 9.17) is 22.1 Å². The third-order valence-electron chi connectivity index (χ3n) is 3.81. The van der Waals surface area contributed by atoms with Crippen molar-refractivity contribution in [2.24, 2.45) is 0 Å². The molecule has 0 saturated heterocycles. The van der Waals surface area contributed by atoms with Crippen molar-refractivity contribution in [3.63, 3.8) is 0 Å². The molecule has 6 heteroatoms. The van der Waals surface area contributed by atoms with E-state index in [9.17, 15) is 4.79 Å². The van der Waals surface area contributed by atoms with Crippen molar-refractivity contribution in [2.75, 3.05) is 25.9 Å². The van der Waals surface area contributed by atoms with Crippen LogP contribution in [0.2, 0.25) is 5.02 Å². The molecule has 25 heavy (non-hydrogen) atoms. The lowest BCUT2D eigenvalue weighted by Crippen LogP contribution is -2.28. The Morgan fingerprint density at radius 3 is 2.52 bits per heavy atom. The van der Waals surface area contributed by atoms with Gasteiger partial charge in [-0.05, 0) is 48.7 Å². The third kappa shape index (κ3) is 7.24. The van der Waals surface area contributed by atoms with E-state index in [1.807, 2.05) is 43.4 Å². The Kier molecular flexibility index (Phi) is 9.17. The molecule has 0 radical (unpaired) electrons. The highest BCUT2D eigenvalue weighted by Gasteiger charge is 2.09. The lowest BCUT2D eigenvalue weighted by Gasteiger charge is -2.17. The zero-order chi connectivity index (χ0) is 17.4. The number of nitrogen functional groups attached to an aromatic ring is 1. The second kappa shape index (κ2) is 10.9. The number of amides is 1. The Labute approximate surface area is 160 Å². The molecule has 136 valence electrons. The molecule has 0 unspecified atom stereocenters. The number of aryl methyl sites for hydroxylation is 1. The molecule has 0 fully saturated rings. The zero-order valence-corrected chi connectivity index (χ0v) is 15.9. The molecule has 0 aromatic heterocycles. The number of hydrogen-bond donors (Lipinski definition) is 1. The Morgan fingerprint density at radius 2 is 1.84 bits per heavy atom. The molecule has 0 heterocycles. The molecule has 2 aromatic rings. The van der Waals surface area contributed by atoms with Gasteiger partial charge in [0.2, 0.25) is 5.91 Å². The highest BCUT2D eigenvalue weighted by molar-refractivity contribution is 6.30. The van der Waals surface area contributed by atoms with Crippen molar-refractivity contribution in [2.45, 2.75) is 19.3 Å². The summed E-state index contributed by atoms with van der Waals surface area (Å²) in [5.41, 5.74) is 7.65. The van der Waals surface area contributed by atoms with Crippen LogP contribution in [-0.4, -0.2) is 31.0 Å². The number of benzene rings is 2. The predicted octanol–water partition coefficient (Wildman–Crippen LogP) is 4.20. The average Bonchev–Trinajstić information content (AvgIpc) is 2.59. The van der Waals surface area contributed by atoms with Gasteiger partial charge in [0.25, 0.3) is 0 Å². The minimum Gasteiger partial charge on any atom is -0.494 e. The highest BCUT2D eigenvalue weighted by atomic mass is 35.5. The monoisotopic (exact) mass is 382 g/mol. The Hall–Kier alpha value is -1.91. The first-order valence-electron chi connectivity index (χ1n) is 8.02. The Balaban J connectivity index is 0.00000312. The van der Waals surface area contributed by atoms with E-state index in [2.05, 4.69) is 0 Å². The molecule has 0 spiro atoms. The van der Waals surface area contributed by atoms with Crippen molar-refractivity contribution in [1.82, 2.24) is 4.90 Å². The first-order valence-corrected chi connectivity index (χ1v) is 8.40. The summed E-state index contributed by atoms with van der Waals surface area (Å²) < 4.78 is 5.62. The number of carbonyl (C=O) groups excluding carboxylic acids is 1. The number of anilines is 1. The van der Waals surface area contributed by atoms with Gasteiger partial charge in [-0.1, -0.05) is 29.8 Å². The van der Waals surface area contributed by atoms with Crippen LogP contribution in [0.5, 0.6) is 5.75 Å². The summed E-state index contributed by atoms with van der Waals surface area (Å²) >= 11 is 5.83. The third-order valence-corrected chi connectivity index (χ3v) is 4.06. The highest BCUT2D eigenvalue weighted by Crippen LogP contribution is 2.16. The first kappa shape index (κ1) is 21.1. The summed E-state index contributed by atoms with van der Waals surface area (Å²) in [6.45, 7) is 1.22. The fourth-order valence-corrected chi connectivity index (χ4v) is 2.47. The topological polar surface area (TPSA) is 55.6 Å². The number of nitrogens with two attached hydrogens (primary N) is 1. The van der Waals surface area contributed by atoms with E-state index in [1.54, 1.807) is 17.0 Å². The number of rotatable bonds is 8. The maximum atomic E-state index is 12.2. The van der Waals surface area contributed by atoms with Gasteiger partial charge in [0.15, 0.2) is 0 Å². The van der Waals surface area contributed by atoms with Gasteiger partial charge >= 0.3 is 0 Å². The van der Waals surface area contributed by atoms with E-state index in [0.29, 0.717) is 31.0 Å². The zero-order valence-electron chi connectivity index (χ0n) is 14.3. The average molecular weight is 383 g/mol. The van der Waals surface area contributed by atoms with Crippen molar-refractivity contribution >= 4 is 35.6 Å². The quantitative estimate of drug-likeness (QED) is 0.549. The van der Waals surface area contributed by atoms with Gasteiger partial charge in [0, 0.05) is 30.7 Å². The molecule has 0 aliphatic rings. The number of hydrogen-bond acceptors (Lipinski definition) is 3. The molecular weight excluding hydrogens is 359 g/mol. The second-order valence-corrected chi connectivity index (χ2v) is 6.11. The van der Waals surface area contributed by atoms with Crippen molar-refractivity contribution in [3.8, 4) is 5.75 Å². The van der Waals surface area contributed by atoms with Crippen LogP contribution in [0.15, 0.2) is 48.5 Å². The molecule has 0 bridgehead atoms. The fourth-order valence-electron chi connectivity index (χ4n) is 2.34. The van der Waals surface area contributed by atoms with Gasteiger partial charge < -0.3 is 15.4 Å². The number of ether oxygens (including phenoxy) is 1. The lowest BCUT2D eigenvalue weighted by atomic mass is 10.1. The van der Waals surface area contributed by atoms with Gasteiger partial charge in [-0.3, -0.25) is 4.79 Å². The number of halogens is 2. The molecule has 4 nitrogen and oxygen atoms in total. The van der Waals surface area contributed by atoms with Crippen LogP contribution in [0, 0.1) is 0 Å². The first-order chi connectivity index (χ1) is 11.6. The molecule has 1 amide bonds. The molecule has 0 saturated carbocycles. The molecule has 2 N–H and O–H groups in total. The van der Waals surface area contributed by atoms with E-state index < -0.39 is 0 Å². The van der Waals surface area contributed by atoms with Gasteiger partial charge in [-0.25, -0.2) is 0 Å². The minimum absolute atomic E-state index is 0. The van der Waals surface area contributed by atoms with Crippen LogP contribution in [-0.2, 0) is 11.2 Å². The van der Waals surface area contributed by atoms with E-state index in [1.165, 1.54) is 0 Å². The van der Waals surface area contributed by atoms with Crippen molar-refractivity contribution in [1.29, 1.82) is 0 Å². The maximum absolute atomic E-state index is 12.2. The summed E-state index contributed by atoms with van der Waals surface area (Å²) in [6, 6.07) is 14.9. The lowest BCUT2D eigenvalue weighted by molar-refractivity contribution is -0.129. The number of para-hydroxylation sites is 1. The van der Waals surface area contributed by atoms with Crippen LogP contribution >= 0.6 is 24.0 Å². The standard InChI is InChI=1S/C19H23ClN2O2.ClH/c1-22(13-4-14-24-17-10-8-16(20)9-11-17)19(23)12-7-15-5-2-3-6-18(15)21;/h2-3,5-6,8-11H,4,7,12-14,21H2,1H3;1H. The Bertz CT molecular complexity index is 663. The SMILES string of the molecule is CN(CCCOc1ccc(Cl)cc1)C(=O)CCc1ccccc1N.Cl. The largest absolute Gasteiger partial charge is 0.494 e. The van der Waals surface area contributed by atoms with Crippen LogP contribution in [0.4, 0.5) is 5.69 Å². The number of carbonyl (C=O) groups is 1. The van der Waals surface area contributed by atoms with Crippen LogP contribution in [0.3, 0.4) is 0 Å². The second-order valence-electron chi connectivity index (χ2n) is 5.67. The smallest absolute Gasteiger partial charge is 0.222 e. The number of nitrogens with zero attached hydrogens (tertiary/aromatic N) is 1. The van der Waals surface area contributed by atoms with E-state index in [0.717, 1.165) is 23.4 Å². The van der Waals surface area contributed by atoms with Gasteiger partial charge in [0.1, 0.15) is 5.75 Å². The molecule has 0 atom stereocenters.